The number of fused-ring (bicyclic) bond motifs is 1. The van der Waals surface area contributed by atoms with Crippen molar-refractivity contribution < 1.29 is 19.4 Å². The monoisotopic (exact) mass is 436 g/mol. The minimum atomic E-state index is -1.05. The maximum Gasteiger partial charge on any atom is 0.337 e. The molecular weight excluding hydrogens is 420 g/mol. The summed E-state index contributed by atoms with van der Waals surface area (Å²) in [7, 11) is 1.31. The van der Waals surface area contributed by atoms with E-state index >= 15 is 0 Å². The SMILES string of the molecule is COC(=O)c1cccc(Cn2c(=O)n(-c3ccc(C(=O)O)cc3)c3cc(Cl)ccc32)c1. The number of aromatic carboxylic acids is 1. The predicted octanol–water partition coefficient (Wildman–Crippen LogP) is 3.98. The van der Waals surface area contributed by atoms with Crippen LogP contribution < -0.4 is 5.69 Å². The average Bonchev–Trinajstić information content (AvgIpc) is 3.04. The second-order valence-corrected chi connectivity index (χ2v) is 7.32. The van der Waals surface area contributed by atoms with Gasteiger partial charge in [0, 0.05) is 5.02 Å². The van der Waals surface area contributed by atoms with Gasteiger partial charge in [0.1, 0.15) is 0 Å². The normalized spacial score (nSPS) is 10.9. The van der Waals surface area contributed by atoms with Crippen molar-refractivity contribution in [3.8, 4) is 5.69 Å². The number of halogens is 1. The minimum absolute atomic E-state index is 0.123. The summed E-state index contributed by atoms with van der Waals surface area (Å²) < 4.78 is 7.83. The average molecular weight is 437 g/mol. The number of esters is 1. The molecule has 1 aromatic heterocycles. The molecule has 0 fully saturated rings. The summed E-state index contributed by atoms with van der Waals surface area (Å²) in [6, 6.07) is 18.0. The third-order valence-electron chi connectivity index (χ3n) is 4.95. The highest BCUT2D eigenvalue weighted by Crippen LogP contribution is 2.23. The van der Waals surface area contributed by atoms with Crippen LogP contribution in [-0.4, -0.2) is 33.3 Å². The van der Waals surface area contributed by atoms with Crippen molar-refractivity contribution in [2.24, 2.45) is 0 Å². The third kappa shape index (κ3) is 3.83. The van der Waals surface area contributed by atoms with E-state index in [9.17, 15) is 14.4 Å². The van der Waals surface area contributed by atoms with E-state index in [4.69, 9.17) is 21.4 Å². The van der Waals surface area contributed by atoms with Gasteiger partial charge in [0.05, 0.1) is 41.5 Å². The highest BCUT2D eigenvalue weighted by molar-refractivity contribution is 6.31. The molecule has 156 valence electrons. The van der Waals surface area contributed by atoms with E-state index in [2.05, 4.69) is 0 Å². The molecule has 4 rings (SSSR count). The van der Waals surface area contributed by atoms with Gasteiger partial charge >= 0.3 is 17.6 Å². The van der Waals surface area contributed by atoms with Crippen LogP contribution >= 0.6 is 11.6 Å². The molecule has 0 amide bonds. The fourth-order valence-corrected chi connectivity index (χ4v) is 3.65. The number of ether oxygens (including phenoxy) is 1. The summed E-state index contributed by atoms with van der Waals surface area (Å²) >= 11 is 6.18. The molecule has 1 N–H and O–H groups in total. The molecule has 0 saturated carbocycles. The topological polar surface area (TPSA) is 90.5 Å². The summed E-state index contributed by atoms with van der Waals surface area (Å²) in [6.45, 7) is 0.224. The van der Waals surface area contributed by atoms with Crippen molar-refractivity contribution >= 4 is 34.6 Å². The molecule has 0 aliphatic carbocycles. The first-order chi connectivity index (χ1) is 14.9. The number of carboxylic acid groups (broad SMARTS) is 1. The zero-order chi connectivity index (χ0) is 22.1. The minimum Gasteiger partial charge on any atom is -0.478 e. The molecule has 0 aliphatic heterocycles. The van der Waals surface area contributed by atoms with E-state index in [1.165, 1.54) is 23.8 Å². The van der Waals surface area contributed by atoms with E-state index < -0.39 is 11.9 Å². The van der Waals surface area contributed by atoms with Crippen LogP contribution in [0, 0.1) is 0 Å². The van der Waals surface area contributed by atoms with Gasteiger partial charge in [0.2, 0.25) is 0 Å². The van der Waals surface area contributed by atoms with Gasteiger partial charge in [-0.3, -0.25) is 9.13 Å². The van der Waals surface area contributed by atoms with Gasteiger partial charge in [-0.05, 0) is 60.2 Å². The van der Waals surface area contributed by atoms with Gasteiger partial charge < -0.3 is 9.84 Å². The van der Waals surface area contributed by atoms with Crippen LogP contribution in [0.15, 0.2) is 71.5 Å². The van der Waals surface area contributed by atoms with E-state index in [0.717, 1.165) is 5.56 Å². The molecule has 0 radical (unpaired) electrons. The van der Waals surface area contributed by atoms with E-state index in [1.807, 2.05) is 6.07 Å². The number of methoxy groups -OCH3 is 1. The number of aromatic nitrogens is 2. The van der Waals surface area contributed by atoms with Gasteiger partial charge in [-0.1, -0.05) is 23.7 Å². The molecule has 0 unspecified atom stereocenters. The Morgan fingerprint density at radius 1 is 0.968 bits per heavy atom. The second kappa shape index (κ2) is 8.12. The van der Waals surface area contributed by atoms with E-state index in [-0.39, 0.29) is 17.8 Å². The number of benzene rings is 3. The van der Waals surface area contributed by atoms with Crippen molar-refractivity contribution in [2.75, 3.05) is 7.11 Å². The summed E-state index contributed by atoms with van der Waals surface area (Å²) in [4.78, 5) is 36.4. The Labute approximate surface area is 181 Å². The smallest absolute Gasteiger partial charge is 0.337 e. The quantitative estimate of drug-likeness (QED) is 0.478. The van der Waals surface area contributed by atoms with Gasteiger partial charge in [-0.15, -0.1) is 0 Å². The lowest BCUT2D eigenvalue weighted by atomic mass is 10.1. The van der Waals surface area contributed by atoms with Crippen molar-refractivity contribution in [1.29, 1.82) is 0 Å². The number of hydrogen-bond acceptors (Lipinski definition) is 4. The Kier molecular flexibility index (Phi) is 5.35. The van der Waals surface area contributed by atoms with Crippen LogP contribution in [0.25, 0.3) is 16.7 Å². The fraction of sp³-hybridized carbons (Fsp3) is 0.0870. The first-order valence-electron chi connectivity index (χ1n) is 9.31. The van der Waals surface area contributed by atoms with Gasteiger partial charge in [-0.2, -0.15) is 0 Å². The maximum atomic E-state index is 13.4. The Morgan fingerprint density at radius 3 is 2.39 bits per heavy atom. The largest absolute Gasteiger partial charge is 0.478 e. The van der Waals surface area contributed by atoms with Crippen molar-refractivity contribution in [2.45, 2.75) is 6.54 Å². The number of imidazole rings is 1. The molecule has 0 atom stereocenters. The number of hydrogen-bond donors (Lipinski definition) is 1. The van der Waals surface area contributed by atoms with Gasteiger partial charge in [0.25, 0.3) is 0 Å². The number of carboxylic acids is 1. The Balaban J connectivity index is 1.86. The van der Waals surface area contributed by atoms with Crippen LogP contribution in [0.3, 0.4) is 0 Å². The first-order valence-corrected chi connectivity index (χ1v) is 9.68. The molecule has 1 heterocycles. The van der Waals surface area contributed by atoms with Crippen LogP contribution in [0.2, 0.25) is 5.02 Å². The second-order valence-electron chi connectivity index (χ2n) is 6.88. The fourth-order valence-electron chi connectivity index (χ4n) is 3.48. The summed E-state index contributed by atoms with van der Waals surface area (Å²) in [5.74, 6) is -1.50. The molecule has 3 aromatic carbocycles. The number of rotatable bonds is 5. The van der Waals surface area contributed by atoms with Gasteiger partial charge in [-0.25, -0.2) is 14.4 Å². The standard InChI is InChI=1S/C23H17ClN2O5/c1-31-22(29)16-4-2-3-14(11-16)13-25-19-10-7-17(24)12-20(19)26(23(25)30)18-8-5-15(6-9-18)21(27)28/h2-12H,13H2,1H3,(H,27,28). The molecular formula is C23H17ClN2O5. The molecule has 31 heavy (non-hydrogen) atoms. The molecule has 0 aliphatic rings. The maximum absolute atomic E-state index is 13.4. The number of carbonyl (C=O) groups is 2. The van der Waals surface area contributed by atoms with Gasteiger partial charge in [0.15, 0.2) is 0 Å². The molecule has 0 bridgehead atoms. The zero-order valence-corrected chi connectivity index (χ0v) is 17.2. The zero-order valence-electron chi connectivity index (χ0n) is 16.4. The number of carbonyl (C=O) groups excluding carboxylic acids is 1. The van der Waals surface area contributed by atoms with Crippen LogP contribution in [0.4, 0.5) is 0 Å². The van der Waals surface area contributed by atoms with E-state index in [0.29, 0.717) is 27.3 Å². The Hall–Kier alpha value is -3.84. The van der Waals surface area contributed by atoms with Crippen LogP contribution in [0.1, 0.15) is 26.3 Å². The molecule has 0 saturated heterocycles. The highest BCUT2D eigenvalue weighted by atomic mass is 35.5. The van der Waals surface area contributed by atoms with Crippen molar-refractivity contribution in [3.63, 3.8) is 0 Å². The van der Waals surface area contributed by atoms with E-state index in [1.54, 1.807) is 53.1 Å². The van der Waals surface area contributed by atoms with Crippen LogP contribution in [-0.2, 0) is 11.3 Å². The summed E-state index contributed by atoms with van der Waals surface area (Å²) in [5.41, 5.74) is 2.71. The molecule has 4 aromatic rings. The predicted molar refractivity (Wildman–Crippen MR) is 116 cm³/mol. The molecule has 8 heteroatoms. The lowest BCUT2D eigenvalue weighted by Gasteiger charge is -2.06. The summed E-state index contributed by atoms with van der Waals surface area (Å²) in [5, 5.41) is 9.60. The molecule has 0 spiro atoms. The van der Waals surface area contributed by atoms with Crippen molar-refractivity contribution in [1.82, 2.24) is 9.13 Å². The Morgan fingerprint density at radius 2 is 1.71 bits per heavy atom. The number of nitrogens with zero attached hydrogens (tertiary/aromatic N) is 2. The highest BCUT2D eigenvalue weighted by Gasteiger charge is 2.16. The third-order valence-corrected chi connectivity index (χ3v) is 5.19. The Bertz CT molecular complexity index is 1370. The van der Waals surface area contributed by atoms with Crippen LogP contribution in [0.5, 0.6) is 0 Å². The molecule has 7 nitrogen and oxygen atoms in total. The lowest BCUT2D eigenvalue weighted by Crippen LogP contribution is -2.24. The first kappa shape index (κ1) is 20.4. The van der Waals surface area contributed by atoms with Crippen molar-refractivity contribution in [3.05, 3.63) is 98.9 Å². The lowest BCUT2D eigenvalue weighted by molar-refractivity contribution is 0.0599. The summed E-state index contributed by atoms with van der Waals surface area (Å²) in [6.07, 6.45) is 0.